The summed E-state index contributed by atoms with van der Waals surface area (Å²) in [5, 5.41) is 11.3. The van der Waals surface area contributed by atoms with Crippen molar-refractivity contribution in [3.63, 3.8) is 0 Å². The molecule has 0 unspecified atom stereocenters. The van der Waals surface area contributed by atoms with Crippen molar-refractivity contribution in [2.75, 3.05) is 18.4 Å². The Morgan fingerprint density at radius 1 is 1.41 bits per heavy atom. The first-order valence-corrected chi connectivity index (χ1v) is 7.90. The molecule has 0 spiro atoms. The van der Waals surface area contributed by atoms with Crippen LogP contribution in [0.15, 0.2) is 18.5 Å². The number of hydrogen-bond donors (Lipinski definition) is 2. The van der Waals surface area contributed by atoms with Crippen LogP contribution in [0.1, 0.15) is 23.4 Å². The molecule has 0 bridgehead atoms. The summed E-state index contributed by atoms with van der Waals surface area (Å²) in [7, 11) is 0. The zero-order chi connectivity index (χ0) is 14.9. The largest absolute Gasteiger partial charge is 0.317 e. The molecule has 0 radical (unpaired) electrons. The second-order valence-corrected chi connectivity index (χ2v) is 6.55. The fourth-order valence-electron chi connectivity index (χ4n) is 2.66. The number of hydrogen-bond acceptors (Lipinski definition) is 5. The van der Waals surface area contributed by atoms with Crippen LogP contribution in [0.25, 0.3) is 0 Å². The number of carbonyl (C=O) groups excluding carboxylic acids is 1. The van der Waals surface area contributed by atoms with E-state index in [1.165, 1.54) is 11.3 Å². The first-order chi connectivity index (χ1) is 10.1. The Balaban J connectivity index is 0.00000176. The number of thiazole rings is 1. The van der Waals surface area contributed by atoms with E-state index in [9.17, 15) is 4.79 Å². The number of piperidine rings is 1. The molecule has 3 heterocycles. The van der Waals surface area contributed by atoms with Crippen molar-refractivity contribution >= 4 is 34.8 Å². The maximum atomic E-state index is 12.9. The third-order valence-corrected chi connectivity index (χ3v) is 5.03. The normalized spacial score (nSPS) is 16.8. The Morgan fingerprint density at radius 3 is 2.68 bits per heavy atom. The van der Waals surface area contributed by atoms with Crippen LogP contribution in [0.4, 0.5) is 5.13 Å². The van der Waals surface area contributed by atoms with Crippen LogP contribution >= 0.6 is 23.7 Å². The highest BCUT2D eigenvalue weighted by molar-refractivity contribution is 7.15. The molecule has 1 fully saturated rings. The summed E-state index contributed by atoms with van der Waals surface area (Å²) < 4.78 is 1.79. The Kier molecular flexibility index (Phi) is 5.20. The van der Waals surface area contributed by atoms with Gasteiger partial charge < -0.3 is 5.32 Å². The fourth-order valence-corrected chi connectivity index (χ4v) is 3.47. The van der Waals surface area contributed by atoms with E-state index < -0.39 is 5.54 Å². The maximum absolute atomic E-state index is 12.9. The van der Waals surface area contributed by atoms with E-state index in [4.69, 9.17) is 0 Å². The summed E-state index contributed by atoms with van der Waals surface area (Å²) >= 11 is 1.51. The van der Waals surface area contributed by atoms with Gasteiger partial charge in [0.2, 0.25) is 0 Å². The minimum atomic E-state index is -0.623. The van der Waals surface area contributed by atoms with Crippen LogP contribution in [-0.2, 0) is 10.3 Å². The van der Waals surface area contributed by atoms with Crippen molar-refractivity contribution in [2.45, 2.75) is 32.2 Å². The van der Waals surface area contributed by atoms with E-state index in [1.807, 2.05) is 26.1 Å². The molecular weight excluding hydrogens is 322 g/mol. The number of nitrogens with one attached hydrogen (secondary N) is 2. The monoisotopic (exact) mass is 341 g/mol. The molecule has 120 valence electrons. The smallest absolute Gasteiger partial charge is 0.254 e. The van der Waals surface area contributed by atoms with Gasteiger partial charge in [0, 0.05) is 17.3 Å². The number of rotatable bonds is 3. The molecule has 2 aromatic rings. The Labute approximate surface area is 139 Å². The summed E-state index contributed by atoms with van der Waals surface area (Å²) in [6.45, 7) is 5.58. The van der Waals surface area contributed by atoms with Crippen LogP contribution in [0.2, 0.25) is 0 Å². The molecule has 0 saturated carbocycles. The lowest BCUT2D eigenvalue weighted by Crippen LogP contribution is -2.52. The minimum Gasteiger partial charge on any atom is -0.317 e. The van der Waals surface area contributed by atoms with Gasteiger partial charge in [-0.1, -0.05) is 0 Å². The number of carbonyl (C=O) groups is 1. The van der Waals surface area contributed by atoms with Gasteiger partial charge in [0.25, 0.3) is 5.91 Å². The van der Waals surface area contributed by atoms with E-state index in [1.54, 1.807) is 10.9 Å². The van der Waals surface area contributed by atoms with Gasteiger partial charge in [-0.25, -0.2) is 4.98 Å². The maximum Gasteiger partial charge on any atom is 0.254 e. The van der Waals surface area contributed by atoms with Gasteiger partial charge in [-0.3, -0.25) is 14.8 Å². The van der Waals surface area contributed by atoms with E-state index in [0.29, 0.717) is 5.13 Å². The molecule has 1 aliphatic heterocycles. The lowest BCUT2D eigenvalue weighted by atomic mass is 9.87. The number of aryl methyl sites for hydroxylation is 2. The van der Waals surface area contributed by atoms with Crippen LogP contribution in [0, 0.1) is 13.8 Å². The first kappa shape index (κ1) is 16.9. The standard InChI is InChI=1S/C14H19N5OS.ClH/c1-10-11(2)21-13(17-10)18-12(20)14(4-7-15-8-5-14)19-9-3-6-16-19;/h3,6,9,15H,4-5,7-8H2,1-2H3,(H,17,18,20);1H. The number of nitrogens with zero attached hydrogens (tertiary/aromatic N) is 3. The summed E-state index contributed by atoms with van der Waals surface area (Å²) in [4.78, 5) is 18.4. The average molecular weight is 342 g/mol. The highest BCUT2D eigenvalue weighted by Gasteiger charge is 2.42. The molecule has 3 rings (SSSR count). The summed E-state index contributed by atoms with van der Waals surface area (Å²) in [6.07, 6.45) is 5.03. The van der Waals surface area contributed by atoms with Gasteiger partial charge in [0.05, 0.1) is 5.69 Å². The SMILES string of the molecule is Cc1nc(NC(=O)C2(n3cccn3)CCNCC2)sc1C.Cl. The average Bonchev–Trinajstić information content (AvgIpc) is 3.11. The van der Waals surface area contributed by atoms with Gasteiger partial charge in [0.1, 0.15) is 5.54 Å². The topological polar surface area (TPSA) is 71.8 Å². The number of anilines is 1. The molecule has 2 N–H and O–H groups in total. The zero-order valence-electron chi connectivity index (χ0n) is 12.6. The molecular formula is C14H20ClN5OS. The predicted octanol–water partition coefficient (Wildman–Crippen LogP) is 2.10. The second kappa shape index (κ2) is 6.76. The van der Waals surface area contributed by atoms with Crippen LogP contribution in [0.3, 0.4) is 0 Å². The van der Waals surface area contributed by atoms with Gasteiger partial charge in [0.15, 0.2) is 5.13 Å². The summed E-state index contributed by atoms with van der Waals surface area (Å²) in [5.74, 6) is -0.0264. The van der Waals surface area contributed by atoms with Crippen molar-refractivity contribution < 1.29 is 4.79 Å². The van der Waals surface area contributed by atoms with Crippen molar-refractivity contribution in [3.05, 3.63) is 29.0 Å². The molecule has 1 saturated heterocycles. The zero-order valence-corrected chi connectivity index (χ0v) is 14.3. The quantitative estimate of drug-likeness (QED) is 0.896. The predicted molar refractivity (Wildman–Crippen MR) is 89.8 cm³/mol. The first-order valence-electron chi connectivity index (χ1n) is 7.08. The van der Waals surface area contributed by atoms with E-state index in [0.717, 1.165) is 36.5 Å². The van der Waals surface area contributed by atoms with Gasteiger partial charge >= 0.3 is 0 Å². The summed E-state index contributed by atoms with van der Waals surface area (Å²) in [5.41, 5.74) is 0.344. The van der Waals surface area contributed by atoms with Crippen molar-refractivity contribution in [1.29, 1.82) is 0 Å². The molecule has 2 aromatic heterocycles. The van der Waals surface area contributed by atoms with Gasteiger partial charge in [-0.15, -0.1) is 23.7 Å². The van der Waals surface area contributed by atoms with E-state index in [-0.39, 0.29) is 18.3 Å². The summed E-state index contributed by atoms with van der Waals surface area (Å²) in [6, 6.07) is 1.86. The number of aromatic nitrogens is 3. The molecule has 0 aromatic carbocycles. The van der Waals surface area contributed by atoms with Gasteiger partial charge in [-0.2, -0.15) is 5.10 Å². The van der Waals surface area contributed by atoms with Crippen molar-refractivity contribution in [3.8, 4) is 0 Å². The molecule has 22 heavy (non-hydrogen) atoms. The molecule has 6 nitrogen and oxygen atoms in total. The van der Waals surface area contributed by atoms with E-state index >= 15 is 0 Å². The Bertz CT molecular complexity index is 614. The third-order valence-electron chi connectivity index (χ3n) is 4.05. The van der Waals surface area contributed by atoms with Crippen LogP contribution in [0.5, 0.6) is 0 Å². The lowest BCUT2D eigenvalue weighted by Gasteiger charge is -2.36. The van der Waals surface area contributed by atoms with Crippen LogP contribution in [-0.4, -0.2) is 33.8 Å². The number of halogens is 1. The molecule has 8 heteroatoms. The molecule has 1 aliphatic rings. The Morgan fingerprint density at radius 2 is 2.14 bits per heavy atom. The third kappa shape index (κ3) is 3.02. The lowest BCUT2D eigenvalue weighted by molar-refractivity contribution is -0.126. The fraction of sp³-hybridized carbons (Fsp3) is 0.500. The van der Waals surface area contributed by atoms with Crippen molar-refractivity contribution in [2.24, 2.45) is 0 Å². The second-order valence-electron chi connectivity index (χ2n) is 5.35. The van der Waals surface area contributed by atoms with Crippen LogP contribution < -0.4 is 10.6 Å². The highest BCUT2D eigenvalue weighted by Crippen LogP contribution is 2.30. The van der Waals surface area contributed by atoms with Gasteiger partial charge in [-0.05, 0) is 45.8 Å². The number of amides is 1. The van der Waals surface area contributed by atoms with Crippen molar-refractivity contribution in [1.82, 2.24) is 20.1 Å². The Hall–Kier alpha value is -1.44. The highest BCUT2D eigenvalue weighted by atomic mass is 35.5. The minimum absolute atomic E-state index is 0. The molecule has 0 aliphatic carbocycles. The van der Waals surface area contributed by atoms with E-state index in [2.05, 4.69) is 20.7 Å². The molecule has 0 atom stereocenters. The molecule has 1 amide bonds.